The number of carboxylic acid groups (broad SMARTS) is 1. The summed E-state index contributed by atoms with van der Waals surface area (Å²) in [5.74, 6) is -0.687. The van der Waals surface area contributed by atoms with Crippen molar-refractivity contribution in [1.82, 2.24) is 14.8 Å². The number of nitrogens with zero attached hydrogens (tertiary/aromatic N) is 4. The van der Waals surface area contributed by atoms with Crippen LogP contribution in [-0.4, -0.2) is 39.0 Å². The van der Waals surface area contributed by atoms with E-state index in [0.717, 1.165) is 30.5 Å². The number of benzene rings is 2. The number of piperidine rings is 1. The molecular formula is C19H18N4O3. The van der Waals surface area contributed by atoms with Crippen molar-refractivity contribution in [3.8, 4) is 5.69 Å². The number of aromatic nitrogens is 2. The van der Waals surface area contributed by atoms with Crippen molar-refractivity contribution < 1.29 is 9.90 Å². The Hall–Kier alpha value is -3.22. The average Bonchev–Trinajstić information content (AvgIpc) is 3.12. The van der Waals surface area contributed by atoms with Gasteiger partial charge in [-0.3, -0.25) is 5.01 Å². The molecule has 7 nitrogen and oxygen atoms in total. The van der Waals surface area contributed by atoms with Gasteiger partial charge in [-0.2, -0.15) is 5.10 Å². The van der Waals surface area contributed by atoms with Crippen LogP contribution in [-0.2, 0) is 0 Å². The van der Waals surface area contributed by atoms with Crippen LogP contribution in [0.2, 0.25) is 0 Å². The van der Waals surface area contributed by atoms with E-state index in [1.165, 1.54) is 5.56 Å². The molecule has 3 aromatic rings. The molecule has 0 bridgehead atoms. The van der Waals surface area contributed by atoms with Crippen molar-refractivity contribution in [3.05, 3.63) is 64.7 Å². The van der Waals surface area contributed by atoms with Crippen LogP contribution in [0.4, 0.5) is 0 Å². The molecule has 0 radical (unpaired) electrons. The number of carbonyl (C=O) groups is 1. The maximum Gasteiger partial charge on any atom is 0.337 e. The van der Waals surface area contributed by atoms with E-state index in [9.17, 15) is 14.8 Å². The Morgan fingerprint density at radius 2 is 2.00 bits per heavy atom. The molecule has 0 amide bonds. The van der Waals surface area contributed by atoms with Gasteiger partial charge in [-0.1, -0.05) is 24.3 Å². The highest BCUT2D eigenvalue weighted by Gasteiger charge is 2.21. The van der Waals surface area contributed by atoms with E-state index in [4.69, 9.17) is 0 Å². The van der Waals surface area contributed by atoms with Crippen LogP contribution in [0.1, 0.15) is 34.7 Å². The predicted molar refractivity (Wildman–Crippen MR) is 97.4 cm³/mol. The molecule has 7 heteroatoms. The van der Waals surface area contributed by atoms with Crippen molar-refractivity contribution in [2.24, 2.45) is 5.29 Å². The van der Waals surface area contributed by atoms with E-state index in [1.54, 1.807) is 21.8 Å². The van der Waals surface area contributed by atoms with E-state index in [-0.39, 0.29) is 5.56 Å². The molecule has 4 rings (SSSR count). The lowest BCUT2D eigenvalue weighted by Crippen LogP contribution is -2.29. The van der Waals surface area contributed by atoms with Crippen molar-refractivity contribution in [2.75, 3.05) is 13.1 Å². The van der Waals surface area contributed by atoms with Crippen LogP contribution in [0.5, 0.6) is 0 Å². The normalized spacial score (nSPS) is 17.4. The molecule has 2 aromatic carbocycles. The number of hydrogen-bond acceptors (Lipinski definition) is 4. The lowest BCUT2D eigenvalue weighted by molar-refractivity contribution is 0.0699. The van der Waals surface area contributed by atoms with Crippen LogP contribution in [0.3, 0.4) is 0 Å². The lowest BCUT2D eigenvalue weighted by atomic mass is 9.91. The second-order valence-corrected chi connectivity index (χ2v) is 6.55. The van der Waals surface area contributed by atoms with E-state index >= 15 is 0 Å². The SMILES string of the molecule is O=NN1CCC[C@@H](c2ccc(-n3cc4cccc(C(=O)O)c4n3)cc2)C1. The topological polar surface area (TPSA) is 87.8 Å². The highest BCUT2D eigenvalue weighted by atomic mass is 16.4. The maximum absolute atomic E-state index is 11.3. The first kappa shape index (κ1) is 16.3. The molecule has 1 atom stereocenters. The quantitative estimate of drug-likeness (QED) is 0.727. The van der Waals surface area contributed by atoms with Gasteiger partial charge in [0.05, 0.1) is 16.5 Å². The maximum atomic E-state index is 11.3. The fourth-order valence-corrected chi connectivity index (χ4v) is 3.55. The molecule has 0 saturated carbocycles. The molecule has 1 aliphatic heterocycles. The van der Waals surface area contributed by atoms with Crippen LogP contribution in [0.25, 0.3) is 16.6 Å². The van der Waals surface area contributed by atoms with Crippen molar-refractivity contribution in [1.29, 1.82) is 0 Å². The van der Waals surface area contributed by atoms with Crippen molar-refractivity contribution >= 4 is 16.9 Å². The molecule has 0 unspecified atom stereocenters. The molecule has 132 valence electrons. The van der Waals surface area contributed by atoms with E-state index < -0.39 is 5.97 Å². The van der Waals surface area contributed by atoms with E-state index in [0.29, 0.717) is 18.0 Å². The minimum Gasteiger partial charge on any atom is -0.478 e. The smallest absolute Gasteiger partial charge is 0.337 e. The van der Waals surface area contributed by atoms with E-state index in [1.807, 2.05) is 36.5 Å². The first-order valence-corrected chi connectivity index (χ1v) is 8.56. The second-order valence-electron chi connectivity index (χ2n) is 6.55. The standard InChI is InChI=1S/C19H18N4O3/c24-19(25)17-5-1-3-15-12-23(20-18(15)17)16-8-6-13(7-9-16)14-4-2-10-22(11-14)21-26/h1,3,5-9,12,14H,2,4,10-11H2,(H,24,25)/t14-/m1/s1. The van der Waals surface area contributed by atoms with Crippen LogP contribution < -0.4 is 0 Å². The average molecular weight is 350 g/mol. The molecule has 26 heavy (non-hydrogen) atoms. The molecule has 1 saturated heterocycles. The highest BCUT2D eigenvalue weighted by molar-refractivity contribution is 6.01. The van der Waals surface area contributed by atoms with Gasteiger partial charge in [0.15, 0.2) is 0 Å². The van der Waals surface area contributed by atoms with Crippen LogP contribution in [0, 0.1) is 4.91 Å². The Kier molecular flexibility index (Phi) is 4.12. The molecule has 1 aromatic heterocycles. The third kappa shape index (κ3) is 2.92. The van der Waals surface area contributed by atoms with Crippen LogP contribution in [0.15, 0.2) is 53.9 Å². The third-order valence-electron chi connectivity index (χ3n) is 4.91. The summed E-state index contributed by atoms with van der Waals surface area (Å²) in [4.78, 5) is 22.1. The molecule has 1 aliphatic rings. The summed E-state index contributed by atoms with van der Waals surface area (Å²) in [6, 6.07) is 13.1. The predicted octanol–water partition coefficient (Wildman–Crippen LogP) is 3.58. The molecule has 0 spiro atoms. The summed E-state index contributed by atoms with van der Waals surface area (Å²) in [6.07, 6.45) is 3.83. The Morgan fingerprint density at radius 3 is 2.73 bits per heavy atom. The van der Waals surface area contributed by atoms with Crippen LogP contribution >= 0.6 is 0 Å². The van der Waals surface area contributed by atoms with Gasteiger partial charge in [-0.25, -0.2) is 9.48 Å². The van der Waals surface area contributed by atoms with Crippen molar-refractivity contribution in [3.63, 3.8) is 0 Å². The molecule has 2 heterocycles. The summed E-state index contributed by atoms with van der Waals surface area (Å²) in [5.41, 5.74) is 2.71. The van der Waals surface area contributed by atoms with Gasteiger partial charge in [-0.05, 0) is 36.6 Å². The van der Waals surface area contributed by atoms with Gasteiger partial charge in [0.2, 0.25) is 0 Å². The van der Waals surface area contributed by atoms with Gasteiger partial charge in [0, 0.05) is 30.6 Å². The summed E-state index contributed by atoms with van der Waals surface area (Å²) in [7, 11) is 0. The fraction of sp³-hybridized carbons (Fsp3) is 0.263. The molecular weight excluding hydrogens is 332 g/mol. The summed E-state index contributed by atoms with van der Waals surface area (Å²) >= 11 is 0. The number of aromatic carboxylic acids is 1. The summed E-state index contributed by atoms with van der Waals surface area (Å²) < 4.78 is 1.70. The van der Waals surface area contributed by atoms with Gasteiger partial charge >= 0.3 is 5.97 Å². The zero-order valence-corrected chi connectivity index (χ0v) is 14.1. The third-order valence-corrected chi connectivity index (χ3v) is 4.91. The Balaban J connectivity index is 1.63. The zero-order chi connectivity index (χ0) is 18.1. The fourth-order valence-electron chi connectivity index (χ4n) is 3.55. The van der Waals surface area contributed by atoms with Gasteiger partial charge < -0.3 is 5.11 Å². The zero-order valence-electron chi connectivity index (χ0n) is 14.1. The van der Waals surface area contributed by atoms with E-state index in [2.05, 4.69) is 10.4 Å². The minimum absolute atomic E-state index is 0.196. The summed E-state index contributed by atoms with van der Waals surface area (Å²) in [6.45, 7) is 1.38. The number of hydrogen-bond donors (Lipinski definition) is 1. The van der Waals surface area contributed by atoms with Crippen molar-refractivity contribution in [2.45, 2.75) is 18.8 Å². The number of carboxylic acids is 1. The first-order valence-electron chi connectivity index (χ1n) is 8.56. The monoisotopic (exact) mass is 350 g/mol. The van der Waals surface area contributed by atoms with Gasteiger partial charge in [0.1, 0.15) is 5.52 Å². The highest BCUT2D eigenvalue weighted by Crippen LogP contribution is 2.28. The molecule has 1 N–H and O–H groups in total. The lowest BCUT2D eigenvalue weighted by Gasteiger charge is -2.28. The minimum atomic E-state index is -0.984. The largest absolute Gasteiger partial charge is 0.478 e. The van der Waals surface area contributed by atoms with Gasteiger partial charge in [0.25, 0.3) is 0 Å². The number of fused-ring (bicyclic) bond motifs is 1. The Labute approximate surface area is 149 Å². The summed E-state index contributed by atoms with van der Waals surface area (Å²) in [5, 5.41) is 19.2. The Bertz CT molecular complexity index is 965. The molecule has 0 aliphatic carbocycles. The number of nitroso groups, excluding NO2 is 1. The first-order chi connectivity index (χ1) is 12.7. The molecule has 1 fully saturated rings. The second kappa shape index (κ2) is 6.59. The van der Waals surface area contributed by atoms with Gasteiger partial charge in [-0.15, -0.1) is 4.91 Å². The number of rotatable bonds is 4. The Morgan fingerprint density at radius 1 is 1.19 bits per heavy atom.